The van der Waals surface area contributed by atoms with Crippen molar-refractivity contribution < 1.29 is 9.53 Å². The summed E-state index contributed by atoms with van der Waals surface area (Å²) in [7, 11) is 3.54. The van der Waals surface area contributed by atoms with Gasteiger partial charge in [-0.05, 0) is 11.6 Å². The molecule has 0 saturated carbocycles. The van der Waals surface area contributed by atoms with Gasteiger partial charge in [-0.3, -0.25) is 4.79 Å². The van der Waals surface area contributed by atoms with Crippen LogP contribution in [0.3, 0.4) is 0 Å². The number of hydrogen-bond acceptors (Lipinski definition) is 4. The van der Waals surface area contributed by atoms with Gasteiger partial charge in [0.2, 0.25) is 5.91 Å². The number of rotatable bonds is 8. The molecule has 100 valence electrons. The minimum Gasteiger partial charge on any atom is -0.383 e. The second-order valence-corrected chi connectivity index (χ2v) is 4.12. The van der Waals surface area contributed by atoms with Gasteiger partial charge in [0.05, 0.1) is 13.2 Å². The Kier molecular flexibility index (Phi) is 6.18. The number of amides is 1. The first-order valence-electron chi connectivity index (χ1n) is 5.92. The average molecular weight is 251 g/mol. The van der Waals surface area contributed by atoms with Crippen LogP contribution in [0.2, 0.25) is 0 Å². The van der Waals surface area contributed by atoms with Crippen molar-refractivity contribution in [1.29, 1.82) is 0 Å². The second kappa shape index (κ2) is 7.68. The van der Waals surface area contributed by atoms with Gasteiger partial charge in [-0.1, -0.05) is 18.2 Å². The zero-order valence-electron chi connectivity index (χ0n) is 11.0. The third-order valence-corrected chi connectivity index (χ3v) is 2.59. The molecule has 3 N–H and O–H groups in total. The van der Waals surface area contributed by atoms with Crippen LogP contribution in [0.25, 0.3) is 0 Å². The number of methoxy groups -OCH3 is 1. The second-order valence-electron chi connectivity index (χ2n) is 4.12. The van der Waals surface area contributed by atoms with E-state index in [1.54, 1.807) is 7.11 Å². The SMILES string of the molecule is COCCNCc1ccccc1N(C)CC(N)=O. The Morgan fingerprint density at radius 3 is 2.83 bits per heavy atom. The molecular weight excluding hydrogens is 230 g/mol. The van der Waals surface area contributed by atoms with Crippen LogP contribution in [0, 0.1) is 0 Å². The normalized spacial score (nSPS) is 10.3. The fourth-order valence-electron chi connectivity index (χ4n) is 1.75. The van der Waals surface area contributed by atoms with Crippen molar-refractivity contribution in [2.45, 2.75) is 6.54 Å². The summed E-state index contributed by atoms with van der Waals surface area (Å²) in [6.45, 7) is 2.43. The number of nitrogens with two attached hydrogens (primary N) is 1. The first-order valence-corrected chi connectivity index (χ1v) is 5.92. The number of primary amides is 1. The van der Waals surface area contributed by atoms with Gasteiger partial charge in [0, 0.05) is 32.9 Å². The summed E-state index contributed by atoms with van der Waals surface area (Å²) in [4.78, 5) is 12.8. The monoisotopic (exact) mass is 251 g/mol. The minimum atomic E-state index is -0.334. The molecule has 0 heterocycles. The van der Waals surface area contributed by atoms with Gasteiger partial charge in [0.15, 0.2) is 0 Å². The molecule has 5 heteroatoms. The first kappa shape index (κ1) is 14.5. The number of carbonyl (C=O) groups excluding carboxylic acids is 1. The Bertz CT molecular complexity index is 382. The topological polar surface area (TPSA) is 67.6 Å². The van der Waals surface area contributed by atoms with Crippen molar-refractivity contribution in [3.63, 3.8) is 0 Å². The summed E-state index contributed by atoms with van der Waals surface area (Å²) in [6, 6.07) is 7.95. The van der Waals surface area contributed by atoms with Crippen LogP contribution in [0.5, 0.6) is 0 Å². The Balaban J connectivity index is 2.63. The highest BCUT2D eigenvalue weighted by atomic mass is 16.5. The zero-order valence-corrected chi connectivity index (χ0v) is 11.0. The molecule has 1 aromatic carbocycles. The fraction of sp³-hybridized carbons (Fsp3) is 0.462. The van der Waals surface area contributed by atoms with Crippen molar-refractivity contribution in [2.75, 3.05) is 38.8 Å². The van der Waals surface area contributed by atoms with Crippen LogP contribution < -0.4 is 16.0 Å². The molecule has 0 aliphatic heterocycles. The quantitative estimate of drug-likeness (QED) is 0.654. The lowest BCUT2D eigenvalue weighted by Gasteiger charge is -2.21. The van der Waals surface area contributed by atoms with Crippen LogP contribution in [-0.4, -0.2) is 39.8 Å². The number of ether oxygens (including phenoxy) is 1. The lowest BCUT2D eigenvalue weighted by atomic mass is 10.1. The summed E-state index contributed by atoms with van der Waals surface area (Å²) in [5, 5.41) is 3.28. The molecule has 0 fully saturated rings. The van der Waals surface area contributed by atoms with E-state index in [4.69, 9.17) is 10.5 Å². The van der Waals surface area contributed by atoms with Gasteiger partial charge in [0.1, 0.15) is 0 Å². The number of nitrogens with one attached hydrogen (secondary N) is 1. The predicted octanol–water partition coefficient (Wildman–Crippen LogP) is 0.344. The van der Waals surface area contributed by atoms with E-state index in [0.29, 0.717) is 6.61 Å². The third-order valence-electron chi connectivity index (χ3n) is 2.59. The van der Waals surface area contributed by atoms with Gasteiger partial charge in [-0.15, -0.1) is 0 Å². The van der Waals surface area contributed by atoms with Crippen LogP contribution >= 0.6 is 0 Å². The number of carbonyl (C=O) groups is 1. The van der Waals surface area contributed by atoms with E-state index in [0.717, 1.165) is 24.3 Å². The molecule has 1 aromatic rings. The molecule has 18 heavy (non-hydrogen) atoms. The molecule has 0 atom stereocenters. The van der Waals surface area contributed by atoms with Crippen molar-refractivity contribution in [2.24, 2.45) is 5.73 Å². The summed E-state index contributed by atoms with van der Waals surface area (Å²) in [5.74, 6) is -0.334. The summed E-state index contributed by atoms with van der Waals surface area (Å²) in [6.07, 6.45) is 0. The van der Waals surface area contributed by atoms with Crippen molar-refractivity contribution in [1.82, 2.24) is 5.32 Å². The Labute approximate surface area is 108 Å². The van der Waals surface area contributed by atoms with Gasteiger partial charge >= 0.3 is 0 Å². The van der Waals surface area contributed by atoms with E-state index in [9.17, 15) is 4.79 Å². The maximum Gasteiger partial charge on any atom is 0.236 e. The van der Waals surface area contributed by atoms with Crippen molar-refractivity contribution >= 4 is 11.6 Å². The number of likely N-dealkylation sites (N-methyl/N-ethyl adjacent to an activating group) is 1. The van der Waals surface area contributed by atoms with E-state index in [2.05, 4.69) is 5.32 Å². The summed E-state index contributed by atoms with van der Waals surface area (Å²) >= 11 is 0. The number of nitrogens with zero attached hydrogens (tertiary/aromatic N) is 1. The van der Waals surface area contributed by atoms with Crippen LogP contribution in [0.4, 0.5) is 5.69 Å². The lowest BCUT2D eigenvalue weighted by molar-refractivity contribution is -0.116. The highest BCUT2D eigenvalue weighted by Gasteiger charge is 2.08. The maximum atomic E-state index is 10.9. The molecule has 0 saturated heterocycles. The maximum absolute atomic E-state index is 10.9. The first-order chi connectivity index (χ1) is 8.65. The van der Waals surface area contributed by atoms with Gasteiger partial charge in [-0.25, -0.2) is 0 Å². The van der Waals surface area contributed by atoms with Gasteiger partial charge in [0.25, 0.3) is 0 Å². The summed E-state index contributed by atoms with van der Waals surface area (Å²) in [5.41, 5.74) is 7.36. The molecule has 0 unspecified atom stereocenters. The van der Waals surface area contributed by atoms with Crippen LogP contribution in [0.1, 0.15) is 5.56 Å². The predicted molar refractivity (Wildman–Crippen MR) is 72.5 cm³/mol. The van der Waals surface area contributed by atoms with Crippen LogP contribution in [-0.2, 0) is 16.1 Å². The highest BCUT2D eigenvalue weighted by Crippen LogP contribution is 2.18. The molecular formula is C13H21N3O2. The van der Waals surface area contributed by atoms with Crippen molar-refractivity contribution in [3.8, 4) is 0 Å². The molecule has 0 radical (unpaired) electrons. The van der Waals surface area contributed by atoms with E-state index in [1.165, 1.54) is 0 Å². The molecule has 0 aromatic heterocycles. The van der Waals surface area contributed by atoms with Gasteiger partial charge < -0.3 is 20.7 Å². The van der Waals surface area contributed by atoms with E-state index in [-0.39, 0.29) is 12.5 Å². The molecule has 0 bridgehead atoms. The zero-order chi connectivity index (χ0) is 13.4. The number of hydrogen-bond donors (Lipinski definition) is 2. The summed E-state index contributed by atoms with van der Waals surface area (Å²) < 4.78 is 4.98. The smallest absolute Gasteiger partial charge is 0.236 e. The molecule has 0 spiro atoms. The van der Waals surface area contributed by atoms with Crippen LogP contribution in [0.15, 0.2) is 24.3 Å². The Hall–Kier alpha value is -1.59. The third kappa shape index (κ3) is 4.73. The molecule has 1 rings (SSSR count). The van der Waals surface area contributed by atoms with E-state index < -0.39 is 0 Å². The molecule has 0 aliphatic rings. The minimum absolute atomic E-state index is 0.217. The number of para-hydroxylation sites is 1. The molecule has 5 nitrogen and oxygen atoms in total. The largest absolute Gasteiger partial charge is 0.383 e. The number of anilines is 1. The Morgan fingerprint density at radius 2 is 2.17 bits per heavy atom. The molecule has 0 aliphatic carbocycles. The van der Waals surface area contributed by atoms with E-state index >= 15 is 0 Å². The standard InChI is InChI=1S/C13H21N3O2/c1-16(10-13(14)17)12-6-4-3-5-11(12)9-15-7-8-18-2/h3-6,15H,7-10H2,1-2H3,(H2,14,17). The fourth-order valence-corrected chi connectivity index (χ4v) is 1.75. The Morgan fingerprint density at radius 1 is 1.44 bits per heavy atom. The van der Waals surface area contributed by atoms with Gasteiger partial charge in [-0.2, -0.15) is 0 Å². The average Bonchev–Trinajstić information content (AvgIpc) is 2.34. The molecule has 1 amide bonds. The lowest BCUT2D eigenvalue weighted by Crippen LogP contribution is -2.31. The highest BCUT2D eigenvalue weighted by molar-refractivity contribution is 5.79. The van der Waals surface area contributed by atoms with E-state index in [1.807, 2.05) is 36.2 Å². The number of benzene rings is 1. The van der Waals surface area contributed by atoms with Crippen molar-refractivity contribution in [3.05, 3.63) is 29.8 Å².